The lowest BCUT2D eigenvalue weighted by Gasteiger charge is -2.41. The predicted octanol–water partition coefficient (Wildman–Crippen LogP) is -1.19. The number of aryl methyl sites for hydroxylation is 1. The predicted molar refractivity (Wildman–Crippen MR) is 84.9 cm³/mol. The number of carbonyl (C=O) groups is 1. The lowest BCUT2D eigenvalue weighted by Crippen LogP contribution is -2.51. The van der Waals surface area contributed by atoms with Crippen molar-refractivity contribution in [3.05, 3.63) is 44.5 Å². The molecule has 2 aromatic rings. The summed E-state index contributed by atoms with van der Waals surface area (Å²) in [4.78, 5) is 39.8. The maximum absolute atomic E-state index is 12.6. The molecule has 0 aliphatic carbocycles. The zero-order valence-electron chi connectivity index (χ0n) is 13.7. The number of nitrogens with zero attached hydrogens (tertiary/aromatic N) is 5. The van der Waals surface area contributed by atoms with Gasteiger partial charge in [-0.1, -0.05) is 5.21 Å². The van der Waals surface area contributed by atoms with Crippen LogP contribution < -0.4 is 11.2 Å². The molecular formula is C15H18N6O4. The average Bonchev–Trinajstić information content (AvgIpc) is 3.08. The maximum atomic E-state index is 12.6. The highest BCUT2D eigenvalue weighted by molar-refractivity contribution is 5.76. The second kappa shape index (κ2) is 5.96. The molecule has 10 nitrogen and oxygen atoms in total. The van der Waals surface area contributed by atoms with E-state index in [0.29, 0.717) is 31.7 Å². The van der Waals surface area contributed by atoms with Gasteiger partial charge >= 0.3 is 5.69 Å². The fourth-order valence-corrected chi connectivity index (χ4v) is 3.39. The van der Waals surface area contributed by atoms with E-state index in [2.05, 4.69) is 15.3 Å². The third-order valence-corrected chi connectivity index (χ3v) is 4.78. The molecule has 25 heavy (non-hydrogen) atoms. The maximum Gasteiger partial charge on any atom is 0.328 e. The van der Waals surface area contributed by atoms with Crippen LogP contribution in [0.5, 0.6) is 0 Å². The fourth-order valence-electron chi connectivity index (χ4n) is 3.39. The van der Waals surface area contributed by atoms with Crippen LogP contribution in [0, 0.1) is 6.92 Å². The van der Waals surface area contributed by atoms with Crippen molar-refractivity contribution in [2.75, 3.05) is 13.1 Å². The summed E-state index contributed by atoms with van der Waals surface area (Å²) in [7, 11) is 0. The zero-order valence-corrected chi connectivity index (χ0v) is 13.7. The number of nitrogens with one attached hydrogen (secondary N) is 1. The van der Waals surface area contributed by atoms with Gasteiger partial charge in [0.2, 0.25) is 5.91 Å². The van der Waals surface area contributed by atoms with Crippen LogP contribution in [-0.4, -0.2) is 54.5 Å². The van der Waals surface area contributed by atoms with Gasteiger partial charge in [0, 0.05) is 24.8 Å². The monoisotopic (exact) mass is 346 g/mol. The van der Waals surface area contributed by atoms with E-state index in [4.69, 9.17) is 4.74 Å². The molecule has 1 fully saturated rings. The van der Waals surface area contributed by atoms with Crippen LogP contribution in [0.4, 0.5) is 0 Å². The molecule has 0 radical (unpaired) electrons. The third kappa shape index (κ3) is 2.78. The van der Waals surface area contributed by atoms with Crippen molar-refractivity contribution in [2.45, 2.75) is 38.6 Å². The summed E-state index contributed by atoms with van der Waals surface area (Å²) in [6.07, 6.45) is 3.79. The Kier molecular flexibility index (Phi) is 3.75. The Balaban J connectivity index is 1.52. The van der Waals surface area contributed by atoms with Gasteiger partial charge in [-0.15, -0.1) is 5.10 Å². The summed E-state index contributed by atoms with van der Waals surface area (Å²) in [6, 6.07) is -0.0713. The van der Waals surface area contributed by atoms with Crippen LogP contribution in [0.3, 0.4) is 0 Å². The van der Waals surface area contributed by atoms with Gasteiger partial charge in [-0.3, -0.25) is 19.1 Å². The van der Waals surface area contributed by atoms with E-state index in [9.17, 15) is 14.4 Å². The molecule has 1 amide bonds. The molecular weight excluding hydrogens is 328 g/mol. The van der Waals surface area contributed by atoms with E-state index in [1.54, 1.807) is 18.0 Å². The second-order valence-electron chi connectivity index (χ2n) is 6.41. The van der Waals surface area contributed by atoms with Gasteiger partial charge in [0.25, 0.3) is 5.56 Å². The fraction of sp³-hybridized carbons (Fsp3) is 0.533. The van der Waals surface area contributed by atoms with E-state index in [0.717, 1.165) is 5.69 Å². The number of amides is 1. The van der Waals surface area contributed by atoms with Crippen molar-refractivity contribution in [1.29, 1.82) is 0 Å². The van der Waals surface area contributed by atoms with Gasteiger partial charge < -0.3 is 9.64 Å². The first-order valence-electron chi connectivity index (χ1n) is 8.12. The number of aromatic amines is 1. The summed E-state index contributed by atoms with van der Waals surface area (Å²) >= 11 is 0. The van der Waals surface area contributed by atoms with Crippen LogP contribution in [0.25, 0.3) is 0 Å². The molecule has 4 heterocycles. The molecule has 2 aromatic heterocycles. The number of ether oxygens (including phenoxy) is 1. The number of piperidine rings is 1. The van der Waals surface area contributed by atoms with E-state index >= 15 is 0 Å². The van der Waals surface area contributed by atoms with Gasteiger partial charge in [0.1, 0.15) is 6.54 Å². The molecule has 2 atom stereocenters. The van der Waals surface area contributed by atoms with Gasteiger partial charge in [-0.25, -0.2) is 9.48 Å². The standard InChI is InChI=1S/C15H18N6O4/c1-9-5-20(15(24)17-14(9)23)7-13(22)19-3-2-12-11(6-19)21-10(8-25-12)4-16-18-21/h4-5,11-12H,2-3,6-8H2,1H3,(H,17,23,24)/t11-,12-/m1/s1. The topological polar surface area (TPSA) is 115 Å². The Bertz CT molecular complexity index is 929. The number of hydrogen-bond donors (Lipinski definition) is 1. The molecule has 0 spiro atoms. The minimum Gasteiger partial charge on any atom is -0.370 e. The van der Waals surface area contributed by atoms with Gasteiger partial charge in [0.05, 0.1) is 30.6 Å². The number of carbonyl (C=O) groups excluding carboxylic acids is 1. The summed E-state index contributed by atoms with van der Waals surface area (Å²) in [5, 5.41) is 8.02. The van der Waals surface area contributed by atoms with Gasteiger partial charge in [-0.05, 0) is 13.3 Å². The van der Waals surface area contributed by atoms with Crippen LogP contribution in [-0.2, 0) is 22.7 Å². The Hall–Kier alpha value is -2.75. The Morgan fingerprint density at radius 2 is 2.28 bits per heavy atom. The molecule has 0 aromatic carbocycles. The molecule has 0 saturated carbocycles. The largest absolute Gasteiger partial charge is 0.370 e. The SMILES string of the molecule is Cc1cn(CC(=O)N2CC[C@H]3OCc4cnnn4[C@@H]3C2)c(=O)[nH]c1=O. The van der Waals surface area contributed by atoms with Crippen molar-refractivity contribution in [2.24, 2.45) is 0 Å². The molecule has 4 rings (SSSR count). The number of fused-ring (bicyclic) bond motifs is 3. The minimum atomic E-state index is -0.585. The Morgan fingerprint density at radius 3 is 3.12 bits per heavy atom. The number of hydrogen-bond acceptors (Lipinski definition) is 6. The van der Waals surface area contributed by atoms with Crippen molar-refractivity contribution >= 4 is 5.91 Å². The summed E-state index contributed by atoms with van der Waals surface area (Å²) in [5.74, 6) is -0.181. The number of rotatable bonds is 2. The van der Waals surface area contributed by atoms with Crippen LogP contribution >= 0.6 is 0 Å². The third-order valence-electron chi connectivity index (χ3n) is 4.78. The van der Waals surface area contributed by atoms with Crippen molar-refractivity contribution in [1.82, 2.24) is 29.4 Å². The van der Waals surface area contributed by atoms with Crippen molar-refractivity contribution in [3.63, 3.8) is 0 Å². The molecule has 10 heteroatoms. The first-order valence-corrected chi connectivity index (χ1v) is 8.12. The van der Waals surface area contributed by atoms with E-state index in [1.165, 1.54) is 10.8 Å². The first-order chi connectivity index (χ1) is 12.0. The highest BCUT2D eigenvalue weighted by Crippen LogP contribution is 2.30. The van der Waals surface area contributed by atoms with E-state index < -0.39 is 11.2 Å². The summed E-state index contributed by atoms with van der Waals surface area (Å²) in [5.41, 5.74) is 0.257. The molecule has 132 valence electrons. The molecule has 2 aliphatic rings. The lowest BCUT2D eigenvalue weighted by molar-refractivity contribution is -0.138. The van der Waals surface area contributed by atoms with Crippen molar-refractivity contribution < 1.29 is 9.53 Å². The highest BCUT2D eigenvalue weighted by Gasteiger charge is 2.37. The molecule has 2 aliphatic heterocycles. The molecule has 0 bridgehead atoms. The summed E-state index contributed by atoms with van der Waals surface area (Å²) < 4.78 is 8.88. The van der Waals surface area contributed by atoms with Gasteiger partial charge in [-0.2, -0.15) is 0 Å². The minimum absolute atomic E-state index is 0.0105. The number of likely N-dealkylation sites (tertiary alicyclic amines) is 1. The molecule has 1 N–H and O–H groups in total. The lowest BCUT2D eigenvalue weighted by atomic mass is 10.0. The van der Waals surface area contributed by atoms with Crippen LogP contribution in [0.2, 0.25) is 0 Å². The van der Waals surface area contributed by atoms with E-state index in [-0.39, 0.29) is 24.6 Å². The highest BCUT2D eigenvalue weighted by atomic mass is 16.5. The van der Waals surface area contributed by atoms with Gasteiger partial charge in [0.15, 0.2) is 0 Å². The Morgan fingerprint density at radius 1 is 1.44 bits per heavy atom. The van der Waals surface area contributed by atoms with Crippen molar-refractivity contribution in [3.8, 4) is 0 Å². The quantitative estimate of drug-likeness (QED) is 0.731. The Labute approximate surface area is 142 Å². The number of aromatic nitrogens is 5. The van der Waals surface area contributed by atoms with Crippen LogP contribution in [0.15, 0.2) is 22.0 Å². The first kappa shape index (κ1) is 15.8. The zero-order chi connectivity index (χ0) is 17.6. The number of H-pyrrole nitrogens is 1. The summed E-state index contributed by atoms with van der Waals surface area (Å²) in [6.45, 7) is 2.97. The molecule has 1 saturated heterocycles. The smallest absolute Gasteiger partial charge is 0.328 e. The average molecular weight is 346 g/mol. The van der Waals surface area contributed by atoms with Crippen LogP contribution in [0.1, 0.15) is 23.7 Å². The van der Waals surface area contributed by atoms with E-state index in [1.807, 2.05) is 4.68 Å². The molecule has 0 unspecified atom stereocenters. The second-order valence-corrected chi connectivity index (χ2v) is 6.41. The normalized spacial score (nSPS) is 22.4.